The van der Waals surface area contributed by atoms with Gasteiger partial charge in [-0.3, -0.25) is 0 Å². The maximum absolute atomic E-state index is 6.14. The molecule has 0 amide bonds. The predicted octanol–water partition coefficient (Wildman–Crippen LogP) is 4.26. The molecule has 3 rings (SSSR count). The van der Waals surface area contributed by atoms with Crippen molar-refractivity contribution in [2.45, 2.75) is 56.0 Å². The van der Waals surface area contributed by atoms with Crippen LogP contribution in [0.4, 0.5) is 0 Å². The highest BCUT2D eigenvalue weighted by molar-refractivity contribution is 7.99. The molecule has 2 nitrogen and oxygen atoms in total. The Kier molecular flexibility index (Phi) is 3.68. The van der Waals surface area contributed by atoms with E-state index in [9.17, 15) is 0 Å². The van der Waals surface area contributed by atoms with Crippen molar-refractivity contribution in [3.8, 4) is 0 Å². The van der Waals surface area contributed by atoms with Crippen LogP contribution < -0.4 is 0 Å². The molecule has 1 aromatic carbocycles. The molecule has 1 aliphatic carbocycles. The molecule has 1 saturated heterocycles. The normalized spacial score (nSPS) is 30.5. The molecule has 0 spiro atoms. The molecular formula is C16H23BO2S. The Labute approximate surface area is 126 Å². The van der Waals surface area contributed by atoms with E-state index in [0.29, 0.717) is 5.82 Å². The van der Waals surface area contributed by atoms with Gasteiger partial charge in [0.05, 0.1) is 11.2 Å². The van der Waals surface area contributed by atoms with E-state index in [1.165, 1.54) is 17.1 Å². The van der Waals surface area contributed by atoms with Crippen molar-refractivity contribution >= 4 is 18.9 Å². The van der Waals surface area contributed by atoms with Gasteiger partial charge in [0.1, 0.15) is 0 Å². The molecule has 1 aromatic rings. The van der Waals surface area contributed by atoms with E-state index in [0.717, 1.165) is 5.92 Å². The summed E-state index contributed by atoms with van der Waals surface area (Å²) in [5, 5.41) is 0. The van der Waals surface area contributed by atoms with Crippen molar-refractivity contribution in [2.24, 2.45) is 5.92 Å². The second kappa shape index (κ2) is 5.08. The fraction of sp³-hybridized carbons (Fsp3) is 0.625. The third-order valence-corrected chi connectivity index (χ3v) is 6.01. The molecular weight excluding hydrogens is 267 g/mol. The van der Waals surface area contributed by atoms with Gasteiger partial charge in [0.15, 0.2) is 0 Å². The summed E-state index contributed by atoms with van der Waals surface area (Å²) >= 11 is 1.94. The summed E-state index contributed by atoms with van der Waals surface area (Å²) in [6, 6.07) is 10.6. The largest absolute Gasteiger partial charge is 0.461 e. The van der Waals surface area contributed by atoms with Crippen LogP contribution in [0.5, 0.6) is 0 Å². The molecule has 0 aromatic heterocycles. The van der Waals surface area contributed by atoms with E-state index in [-0.39, 0.29) is 18.3 Å². The first-order valence-electron chi connectivity index (χ1n) is 7.42. The third-order valence-electron chi connectivity index (χ3n) is 4.81. The first kappa shape index (κ1) is 14.5. The van der Waals surface area contributed by atoms with Crippen LogP contribution in [0.25, 0.3) is 0 Å². The van der Waals surface area contributed by atoms with Crippen molar-refractivity contribution in [3.63, 3.8) is 0 Å². The molecule has 1 heterocycles. The van der Waals surface area contributed by atoms with Gasteiger partial charge >= 0.3 is 7.12 Å². The Balaban J connectivity index is 1.51. The summed E-state index contributed by atoms with van der Waals surface area (Å²) in [6.07, 6.45) is 1.23. The minimum atomic E-state index is -0.197. The lowest BCUT2D eigenvalue weighted by Gasteiger charge is -2.32. The van der Waals surface area contributed by atoms with Crippen molar-refractivity contribution in [1.29, 1.82) is 0 Å². The molecule has 0 radical (unpaired) electrons. The van der Waals surface area contributed by atoms with Gasteiger partial charge in [-0.25, -0.2) is 0 Å². The predicted molar refractivity (Wildman–Crippen MR) is 85.1 cm³/mol. The van der Waals surface area contributed by atoms with Crippen LogP contribution in [-0.2, 0) is 9.31 Å². The zero-order valence-electron chi connectivity index (χ0n) is 12.8. The van der Waals surface area contributed by atoms with Crippen molar-refractivity contribution in [1.82, 2.24) is 0 Å². The summed E-state index contributed by atoms with van der Waals surface area (Å²) in [4.78, 5) is 1.35. The van der Waals surface area contributed by atoms with Crippen LogP contribution >= 0.6 is 11.8 Å². The van der Waals surface area contributed by atoms with Crippen LogP contribution in [0.3, 0.4) is 0 Å². The van der Waals surface area contributed by atoms with Crippen LogP contribution in [-0.4, -0.2) is 24.1 Å². The third kappa shape index (κ3) is 2.79. The maximum Gasteiger partial charge on any atom is 0.461 e. The highest BCUT2D eigenvalue weighted by atomic mass is 32.2. The number of benzene rings is 1. The van der Waals surface area contributed by atoms with Crippen molar-refractivity contribution < 1.29 is 9.31 Å². The lowest BCUT2D eigenvalue weighted by molar-refractivity contribution is 0.00578. The van der Waals surface area contributed by atoms with Gasteiger partial charge in [0.2, 0.25) is 0 Å². The average molecular weight is 290 g/mol. The van der Waals surface area contributed by atoms with Crippen LogP contribution in [0, 0.1) is 5.92 Å². The molecule has 2 fully saturated rings. The molecule has 2 unspecified atom stereocenters. The van der Waals surface area contributed by atoms with Gasteiger partial charge in [-0.2, -0.15) is 0 Å². The quantitative estimate of drug-likeness (QED) is 0.609. The highest BCUT2D eigenvalue weighted by Crippen LogP contribution is 2.54. The summed E-state index contributed by atoms with van der Waals surface area (Å²) < 4.78 is 12.3. The van der Waals surface area contributed by atoms with E-state index >= 15 is 0 Å². The minimum absolute atomic E-state index is 0.0126. The lowest BCUT2D eigenvalue weighted by atomic mass is 9.81. The van der Waals surface area contributed by atoms with Crippen LogP contribution in [0.1, 0.15) is 34.1 Å². The molecule has 1 aliphatic heterocycles. The number of hydrogen-bond donors (Lipinski definition) is 0. The molecule has 2 atom stereocenters. The van der Waals surface area contributed by atoms with Gasteiger partial charge in [0, 0.05) is 10.6 Å². The van der Waals surface area contributed by atoms with Gasteiger partial charge in [-0.15, -0.1) is 11.8 Å². The van der Waals surface area contributed by atoms with Crippen molar-refractivity contribution in [3.05, 3.63) is 30.3 Å². The molecule has 1 saturated carbocycles. The summed E-state index contributed by atoms with van der Waals surface area (Å²) in [5.74, 6) is 2.47. The molecule has 0 bridgehead atoms. The Morgan fingerprint density at radius 3 is 2.30 bits per heavy atom. The molecule has 2 aliphatic rings. The zero-order valence-corrected chi connectivity index (χ0v) is 13.6. The molecule has 108 valence electrons. The fourth-order valence-electron chi connectivity index (χ4n) is 2.58. The second-order valence-corrected chi connectivity index (χ2v) is 8.00. The standard InChI is InChI=1S/C16H23BO2S/c1-15(2)16(3,4)19-17(18-15)14-10-12(14)11-20-13-8-6-5-7-9-13/h5-9,12,14H,10-11H2,1-4H3. The second-order valence-electron chi connectivity index (χ2n) is 6.91. The van der Waals surface area contributed by atoms with E-state index in [1.54, 1.807) is 0 Å². The van der Waals surface area contributed by atoms with Gasteiger partial charge in [-0.1, -0.05) is 18.2 Å². The Morgan fingerprint density at radius 2 is 1.70 bits per heavy atom. The maximum atomic E-state index is 6.14. The topological polar surface area (TPSA) is 18.5 Å². The van der Waals surface area contributed by atoms with E-state index < -0.39 is 0 Å². The number of rotatable bonds is 4. The first-order valence-corrected chi connectivity index (χ1v) is 8.41. The molecule has 4 heteroatoms. The van der Waals surface area contributed by atoms with E-state index in [1.807, 2.05) is 11.8 Å². The Hall–Kier alpha value is -0.445. The monoisotopic (exact) mass is 290 g/mol. The highest BCUT2D eigenvalue weighted by Gasteiger charge is 2.59. The first-order chi connectivity index (χ1) is 9.39. The summed E-state index contributed by atoms with van der Waals surface area (Å²) in [5.41, 5.74) is -0.394. The van der Waals surface area contributed by atoms with Gasteiger partial charge in [-0.05, 0) is 58.0 Å². The van der Waals surface area contributed by atoms with Crippen LogP contribution in [0.2, 0.25) is 5.82 Å². The van der Waals surface area contributed by atoms with Gasteiger partial charge < -0.3 is 9.31 Å². The average Bonchev–Trinajstić information content (AvgIpc) is 3.11. The lowest BCUT2D eigenvalue weighted by Crippen LogP contribution is -2.41. The smallest absolute Gasteiger partial charge is 0.403 e. The number of hydrogen-bond acceptors (Lipinski definition) is 3. The molecule has 0 N–H and O–H groups in total. The number of thioether (sulfide) groups is 1. The Bertz CT molecular complexity index is 459. The minimum Gasteiger partial charge on any atom is -0.403 e. The van der Waals surface area contributed by atoms with E-state index in [4.69, 9.17) is 9.31 Å². The van der Waals surface area contributed by atoms with Gasteiger partial charge in [0.25, 0.3) is 0 Å². The fourth-order valence-corrected chi connectivity index (χ4v) is 3.72. The summed E-state index contributed by atoms with van der Waals surface area (Å²) in [6.45, 7) is 8.51. The SMILES string of the molecule is CC1(C)OB(C2CC2CSc2ccccc2)OC1(C)C. The van der Waals surface area contributed by atoms with E-state index in [2.05, 4.69) is 58.0 Å². The summed E-state index contributed by atoms with van der Waals surface area (Å²) in [7, 11) is -0.0126. The molecule has 20 heavy (non-hydrogen) atoms. The van der Waals surface area contributed by atoms with Crippen molar-refractivity contribution in [2.75, 3.05) is 5.75 Å². The Morgan fingerprint density at radius 1 is 1.10 bits per heavy atom. The van der Waals surface area contributed by atoms with Crippen LogP contribution in [0.15, 0.2) is 35.2 Å². The zero-order chi connectivity index (χ0) is 14.4.